The quantitative estimate of drug-likeness (QED) is 0.854. The van der Waals surface area contributed by atoms with Gasteiger partial charge < -0.3 is 19.9 Å². The number of carbonyl (C=O) groups is 1. The molecule has 1 heterocycles. The topological polar surface area (TPSA) is 76.4 Å². The zero-order valence-corrected chi connectivity index (χ0v) is 14.1. The summed E-state index contributed by atoms with van der Waals surface area (Å²) in [5.41, 5.74) is 3.23. The lowest BCUT2D eigenvalue weighted by atomic mass is 10.1. The fourth-order valence-electron chi connectivity index (χ4n) is 3.04. The molecule has 6 nitrogen and oxygen atoms in total. The van der Waals surface area contributed by atoms with Gasteiger partial charge in [-0.3, -0.25) is 0 Å². The lowest BCUT2D eigenvalue weighted by Gasteiger charge is -2.15. The van der Waals surface area contributed by atoms with Crippen molar-refractivity contribution in [2.75, 3.05) is 6.61 Å². The summed E-state index contributed by atoms with van der Waals surface area (Å²) in [4.78, 5) is 12.2. The first-order valence-corrected chi connectivity index (χ1v) is 8.44. The molecule has 3 rings (SSSR count). The fraction of sp³-hybridized carbons (Fsp3) is 0.444. The lowest BCUT2D eigenvalue weighted by molar-refractivity contribution is 0.235. The molecule has 1 aliphatic carbocycles. The van der Waals surface area contributed by atoms with Crippen LogP contribution in [0.2, 0.25) is 0 Å². The van der Waals surface area contributed by atoms with Crippen LogP contribution in [-0.2, 0) is 19.4 Å². The van der Waals surface area contributed by atoms with E-state index in [4.69, 9.17) is 9.26 Å². The number of aromatic nitrogens is 1. The summed E-state index contributed by atoms with van der Waals surface area (Å²) in [5, 5.41) is 9.76. The third-order valence-electron chi connectivity index (χ3n) is 4.23. The number of amides is 2. The van der Waals surface area contributed by atoms with Crippen LogP contribution in [0, 0.1) is 0 Å². The number of urea groups is 1. The van der Waals surface area contributed by atoms with E-state index >= 15 is 0 Å². The summed E-state index contributed by atoms with van der Waals surface area (Å²) < 4.78 is 10.8. The summed E-state index contributed by atoms with van der Waals surface area (Å²) in [6, 6.07) is 7.69. The molecule has 128 valence electrons. The van der Waals surface area contributed by atoms with E-state index in [2.05, 4.69) is 21.9 Å². The largest absolute Gasteiger partial charge is 0.494 e. The average molecular weight is 329 g/mol. The summed E-state index contributed by atoms with van der Waals surface area (Å²) >= 11 is 0. The van der Waals surface area contributed by atoms with E-state index < -0.39 is 0 Å². The molecule has 0 bridgehead atoms. The Kier molecular flexibility index (Phi) is 5.03. The van der Waals surface area contributed by atoms with Crippen LogP contribution in [0.1, 0.15) is 48.9 Å². The van der Waals surface area contributed by atoms with Crippen molar-refractivity contribution in [3.63, 3.8) is 0 Å². The zero-order chi connectivity index (χ0) is 16.9. The molecule has 2 amide bonds. The standard InChI is InChI=1S/C18H23N3O3/c1-3-12-10-13(24-21-12)11-19-18(22)20-16-9-8-15-14(16)6-5-7-17(15)23-4-2/h5-7,10,16H,3-4,8-9,11H2,1-2H3,(H2,19,20,22)/t16-/m1/s1. The molecule has 1 aliphatic rings. The second kappa shape index (κ2) is 7.38. The number of benzene rings is 1. The maximum absolute atomic E-state index is 12.2. The minimum atomic E-state index is -0.205. The molecule has 2 N–H and O–H groups in total. The smallest absolute Gasteiger partial charge is 0.315 e. The first-order chi connectivity index (χ1) is 11.7. The van der Waals surface area contributed by atoms with Crippen molar-refractivity contribution in [1.82, 2.24) is 15.8 Å². The number of nitrogens with one attached hydrogen (secondary N) is 2. The Balaban J connectivity index is 1.57. The molecule has 0 unspecified atom stereocenters. The Bertz CT molecular complexity index is 711. The summed E-state index contributed by atoms with van der Waals surface area (Å²) in [6.45, 7) is 4.96. The zero-order valence-electron chi connectivity index (χ0n) is 14.1. The van der Waals surface area contributed by atoms with Gasteiger partial charge >= 0.3 is 6.03 Å². The minimum absolute atomic E-state index is 0.0151. The van der Waals surface area contributed by atoms with Crippen molar-refractivity contribution in [3.05, 3.63) is 46.8 Å². The van der Waals surface area contributed by atoms with Crippen LogP contribution >= 0.6 is 0 Å². The van der Waals surface area contributed by atoms with Crippen LogP contribution in [0.15, 0.2) is 28.8 Å². The second-order valence-corrected chi connectivity index (χ2v) is 5.81. The first-order valence-electron chi connectivity index (χ1n) is 8.44. The number of aryl methyl sites for hydroxylation is 1. The maximum atomic E-state index is 12.2. The molecular formula is C18H23N3O3. The van der Waals surface area contributed by atoms with Gasteiger partial charge in [-0.1, -0.05) is 24.2 Å². The highest BCUT2D eigenvalue weighted by Crippen LogP contribution is 2.36. The van der Waals surface area contributed by atoms with Gasteiger partial charge in [0.1, 0.15) is 5.75 Å². The second-order valence-electron chi connectivity index (χ2n) is 5.81. The average Bonchev–Trinajstić information content (AvgIpc) is 3.21. The summed E-state index contributed by atoms with van der Waals surface area (Å²) in [5.74, 6) is 1.58. The highest BCUT2D eigenvalue weighted by molar-refractivity contribution is 5.74. The van der Waals surface area contributed by atoms with Gasteiger partial charge in [0.15, 0.2) is 5.76 Å². The molecule has 1 aromatic heterocycles. The van der Waals surface area contributed by atoms with E-state index in [1.165, 1.54) is 5.56 Å². The van der Waals surface area contributed by atoms with E-state index in [0.29, 0.717) is 18.9 Å². The van der Waals surface area contributed by atoms with Crippen LogP contribution in [0.4, 0.5) is 4.79 Å². The van der Waals surface area contributed by atoms with Crippen molar-refractivity contribution >= 4 is 6.03 Å². The molecule has 0 spiro atoms. The SMILES string of the molecule is CCOc1cccc2c1CC[C@H]2NC(=O)NCc1cc(CC)no1. The molecule has 0 fully saturated rings. The van der Waals surface area contributed by atoms with E-state index in [0.717, 1.165) is 36.3 Å². The number of hydrogen-bond acceptors (Lipinski definition) is 4. The van der Waals surface area contributed by atoms with Gasteiger partial charge in [-0.25, -0.2) is 4.79 Å². The summed E-state index contributed by atoms with van der Waals surface area (Å²) in [6.07, 6.45) is 2.62. The molecule has 0 saturated heterocycles. The molecule has 0 radical (unpaired) electrons. The van der Waals surface area contributed by atoms with E-state index in [9.17, 15) is 4.79 Å². The molecule has 6 heteroatoms. The van der Waals surface area contributed by atoms with Gasteiger partial charge in [-0.05, 0) is 43.4 Å². The van der Waals surface area contributed by atoms with Crippen LogP contribution in [0.25, 0.3) is 0 Å². The Morgan fingerprint density at radius 1 is 1.42 bits per heavy atom. The summed E-state index contributed by atoms with van der Waals surface area (Å²) in [7, 11) is 0. The Morgan fingerprint density at radius 3 is 3.04 bits per heavy atom. The third kappa shape index (κ3) is 3.53. The maximum Gasteiger partial charge on any atom is 0.315 e. The van der Waals surface area contributed by atoms with Crippen LogP contribution in [0.5, 0.6) is 5.75 Å². The highest BCUT2D eigenvalue weighted by Gasteiger charge is 2.26. The van der Waals surface area contributed by atoms with E-state index in [-0.39, 0.29) is 12.1 Å². The van der Waals surface area contributed by atoms with E-state index in [1.54, 1.807) is 0 Å². The van der Waals surface area contributed by atoms with Gasteiger partial charge in [0, 0.05) is 6.07 Å². The minimum Gasteiger partial charge on any atom is -0.494 e. The van der Waals surface area contributed by atoms with Crippen LogP contribution in [-0.4, -0.2) is 17.8 Å². The van der Waals surface area contributed by atoms with Gasteiger partial charge in [-0.15, -0.1) is 0 Å². The van der Waals surface area contributed by atoms with Gasteiger partial charge in [0.25, 0.3) is 0 Å². The molecular weight excluding hydrogens is 306 g/mol. The van der Waals surface area contributed by atoms with Crippen molar-refractivity contribution in [2.45, 2.75) is 45.7 Å². The molecule has 1 atom stereocenters. The number of hydrogen-bond donors (Lipinski definition) is 2. The van der Waals surface area contributed by atoms with Gasteiger partial charge in [0.2, 0.25) is 0 Å². The number of fused-ring (bicyclic) bond motifs is 1. The Morgan fingerprint density at radius 2 is 2.29 bits per heavy atom. The molecule has 24 heavy (non-hydrogen) atoms. The van der Waals surface area contributed by atoms with Crippen LogP contribution < -0.4 is 15.4 Å². The predicted molar refractivity (Wildman–Crippen MR) is 89.9 cm³/mol. The number of nitrogens with zero attached hydrogens (tertiary/aromatic N) is 1. The van der Waals surface area contributed by atoms with Gasteiger partial charge in [-0.2, -0.15) is 0 Å². The molecule has 0 aliphatic heterocycles. The fourth-order valence-corrected chi connectivity index (χ4v) is 3.04. The van der Waals surface area contributed by atoms with Gasteiger partial charge in [0.05, 0.1) is 24.9 Å². The molecule has 0 saturated carbocycles. The first kappa shape index (κ1) is 16.4. The van der Waals surface area contributed by atoms with E-state index in [1.807, 2.05) is 32.0 Å². The monoisotopic (exact) mass is 329 g/mol. The lowest BCUT2D eigenvalue weighted by Crippen LogP contribution is -2.36. The highest BCUT2D eigenvalue weighted by atomic mass is 16.5. The van der Waals surface area contributed by atoms with Crippen molar-refractivity contribution in [1.29, 1.82) is 0 Å². The van der Waals surface area contributed by atoms with Crippen molar-refractivity contribution in [2.24, 2.45) is 0 Å². The number of rotatable bonds is 6. The van der Waals surface area contributed by atoms with Crippen molar-refractivity contribution in [3.8, 4) is 5.75 Å². The van der Waals surface area contributed by atoms with Crippen molar-refractivity contribution < 1.29 is 14.1 Å². The number of carbonyl (C=O) groups excluding carboxylic acids is 1. The Labute approximate surface area is 141 Å². The third-order valence-corrected chi connectivity index (χ3v) is 4.23. The Hall–Kier alpha value is -2.50. The predicted octanol–water partition coefficient (Wildman–Crippen LogP) is 3.12. The normalized spacial score (nSPS) is 15.8. The number of ether oxygens (including phenoxy) is 1. The molecule has 2 aromatic rings. The molecule has 1 aromatic carbocycles. The van der Waals surface area contributed by atoms with Crippen LogP contribution in [0.3, 0.4) is 0 Å².